The third-order valence-corrected chi connectivity index (χ3v) is 4.89. The van der Waals surface area contributed by atoms with E-state index in [0.717, 1.165) is 40.4 Å². The molecule has 0 radical (unpaired) electrons. The fraction of sp³-hybridized carbons (Fsp3) is 0.280. The Morgan fingerprint density at radius 3 is 2.42 bits per heavy atom. The Kier molecular flexibility index (Phi) is 7.49. The molecular formula is C25H27NO5. The average Bonchev–Trinajstić information content (AvgIpc) is 2.81. The number of benzene rings is 2. The van der Waals surface area contributed by atoms with Crippen LogP contribution in [0.25, 0.3) is 28.1 Å². The number of aromatic nitrogens is 1. The van der Waals surface area contributed by atoms with Crippen LogP contribution in [0.1, 0.15) is 25.3 Å². The van der Waals surface area contributed by atoms with Crippen molar-refractivity contribution in [2.24, 2.45) is 0 Å². The third kappa shape index (κ3) is 4.79. The van der Waals surface area contributed by atoms with Crippen LogP contribution in [0.4, 0.5) is 0 Å². The SMILES string of the molecule is CCCCOC(=O)/C=C/c1c(-c2ccccc2)ncc2cc(OC)c(OC)c(OC)c12. The molecule has 2 aromatic carbocycles. The quantitative estimate of drug-likeness (QED) is 0.266. The summed E-state index contributed by atoms with van der Waals surface area (Å²) in [7, 11) is 4.71. The second kappa shape index (κ2) is 10.5. The molecule has 0 unspecified atom stereocenters. The molecule has 1 heterocycles. The molecule has 0 saturated heterocycles. The highest BCUT2D eigenvalue weighted by Crippen LogP contribution is 2.46. The number of carbonyl (C=O) groups excluding carboxylic acids is 1. The number of pyridine rings is 1. The Morgan fingerprint density at radius 1 is 1.03 bits per heavy atom. The molecule has 6 nitrogen and oxygen atoms in total. The number of esters is 1. The Hall–Kier alpha value is -3.54. The first-order valence-corrected chi connectivity index (χ1v) is 10.2. The first kappa shape index (κ1) is 22.2. The molecule has 0 spiro atoms. The Morgan fingerprint density at radius 2 is 1.77 bits per heavy atom. The average molecular weight is 421 g/mol. The summed E-state index contributed by atoms with van der Waals surface area (Å²) in [5, 5.41) is 1.57. The van der Waals surface area contributed by atoms with Gasteiger partial charge in [-0.15, -0.1) is 0 Å². The maximum Gasteiger partial charge on any atom is 0.330 e. The van der Waals surface area contributed by atoms with Crippen LogP contribution in [0.2, 0.25) is 0 Å². The summed E-state index contributed by atoms with van der Waals surface area (Å²) in [6, 6.07) is 11.6. The molecule has 3 aromatic rings. The van der Waals surface area contributed by atoms with E-state index in [0.29, 0.717) is 23.9 Å². The highest BCUT2D eigenvalue weighted by Gasteiger charge is 2.21. The molecule has 31 heavy (non-hydrogen) atoms. The summed E-state index contributed by atoms with van der Waals surface area (Å²) < 4.78 is 22.0. The standard InChI is InChI=1S/C25H27NO5/c1-5-6-14-31-21(27)13-12-19-22-18(15-20(28-2)24(29-3)25(22)30-4)16-26-23(19)17-10-8-7-9-11-17/h7-13,15-16H,5-6,14H2,1-4H3/b13-12+. The summed E-state index contributed by atoms with van der Waals surface area (Å²) in [5.41, 5.74) is 2.37. The van der Waals surface area contributed by atoms with Crippen LogP contribution in [-0.4, -0.2) is 38.9 Å². The fourth-order valence-corrected chi connectivity index (χ4v) is 3.38. The minimum absolute atomic E-state index is 0.396. The zero-order valence-electron chi connectivity index (χ0n) is 18.3. The van der Waals surface area contributed by atoms with Gasteiger partial charge in [-0.05, 0) is 18.6 Å². The molecule has 0 aliphatic heterocycles. The van der Waals surface area contributed by atoms with Crippen LogP contribution in [0, 0.1) is 0 Å². The molecule has 6 heteroatoms. The van der Waals surface area contributed by atoms with Gasteiger partial charge >= 0.3 is 5.97 Å². The van der Waals surface area contributed by atoms with Gasteiger partial charge in [-0.1, -0.05) is 43.7 Å². The van der Waals surface area contributed by atoms with Gasteiger partial charge in [-0.3, -0.25) is 4.98 Å². The van der Waals surface area contributed by atoms with Crippen molar-refractivity contribution in [3.63, 3.8) is 0 Å². The lowest BCUT2D eigenvalue weighted by Gasteiger charge is -2.17. The van der Waals surface area contributed by atoms with Crippen LogP contribution in [-0.2, 0) is 9.53 Å². The monoisotopic (exact) mass is 421 g/mol. The number of hydrogen-bond acceptors (Lipinski definition) is 6. The second-order valence-corrected chi connectivity index (χ2v) is 6.85. The highest BCUT2D eigenvalue weighted by molar-refractivity contribution is 6.03. The summed E-state index contributed by atoms with van der Waals surface area (Å²) in [6.07, 6.45) is 6.70. The van der Waals surface area contributed by atoms with E-state index < -0.39 is 5.97 Å². The minimum Gasteiger partial charge on any atom is -0.493 e. The summed E-state index contributed by atoms with van der Waals surface area (Å²) in [5.74, 6) is 1.12. The van der Waals surface area contributed by atoms with Crippen LogP contribution < -0.4 is 14.2 Å². The van der Waals surface area contributed by atoms with E-state index in [-0.39, 0.29) is 0 Å². The molecule has 0 amide bonds. The van der Waals surface area contributed by atoms with Crippen molar-refractivity contribution >= 4 is 22.8 Å². The first-order chi connectivity index (χ1) is 15.1. The first-order valence-electron chi connectivity index (χ1n) is 10.2. The number of methoxy groups -OCH3 is 3. The third-order valence-electron chi connectivity index (χ3n) is 4.89. The molecule has 0 saturated carbocycles. The van der Waals surface area contributed by atoms with Crippen molar-refractivity contribution in [2.45, 2.75) is 19.8 Å². The molecular weight excluding hydrogens is 394 g/mol. The molecule has 0 fully saturated rings. The van der Waals surface area contributed by atoms with E-state index in [9.17, 15) is 4.79 Å². The summed E-state index contributed by atoms with van der Waals surface area (Å²) in [6.45, 7) is 2.44. The van der Waals surface area contributed by atoms with Crippen LogP contribution in [0.3, 0.4) is 0 Å². The number of hydrogen-bond donors (Lipinski definition) is 0. The Bertz CT molecular complexity index is 1080. The lowest BCUT2D eigenvalue weighted by molar-refractivity contribution is -0.137. The van der Waals surface area contributed by atoms with Crippen LogP contribution in [0.15, 0.2) is 48.7 Å². The number of rotatable bonds is 9. The van der Waals surface area contributed by atoms with Crippen molar-refractivity contribution in [1.29, 1.82) is 0 Å². The van der Waals surface area contributed by atoms with E-state index in [4.69, 9.17) is 18.9 Å². The highest BCUT2D eigenvalue weighted by atomic mass is 16.5. The van der Waals surface area contributed by atoms with Gasteiger partial charge in [0.1, 0.15) is 0 Å². The van der Waals surface area contributed by atoms with Gasteiger partial charge in [-0.25, -0.2) is 4.79 Å². The van der Waals surface area contributed by atoms with Crippen LogP contribution in [0.5, 0.6) is 17.2 Å². The zero-order chi connectivity index (χ0) is 22.2. The van der Waals surface area contributed by atoms with Gasteiger partial charge in [0.05, 0.1) is 33.6 Å². The predicted octanol–water partition coefficient (Wildman–Crippen LogP) is 5.28. The zero-order valence-corrected chi connectivity index (χ0v) is 18.3. The molecule has 0 N–H and O–H groups in total. The normalized spacial score (nSPS) is 11.0. The van der Waals surface area contributed by atoms with Crippen molar-refractivity contribution in [2.75, 3.05) is 27.9 Å². The van der Waals surface area contributed by atoms with E-state index in [1.807, 2.05) is 43.3 Å². The van der Waals surface area contributed by atoms with Crippen LogP contribution >= 0.6 is 0 Å². The van der Waals surface area contributed by atoms with Crippen molar-refractivity contribution in [3.05, 3.63) is 54.2 Å². The van der Waals surface area contributed by atoms with Crippen molar-refractivity contribution in [3.8, 4) is 28.5 Å². The molecule has 0 aliphatic carbocycles. The summed E-state index contributed by atoms with van der Waals surface area (Å²) >= 11 is 0. The van der Waals surface area contributed by atoms with Gasteiger partial charge in [0.15, 0.2) is 11.5 Å². The van der Waals surface area contributed by atoms with E-state index in [1.54, 1.807) is 33.6 Å². The number of nitrogens with zero attached hydrogens (tertiary/aromatic N) is 1. The molecule has 3 rings (SSSR count). The maximum atomic E-state index is 12.2. The molecule has 0 bridgehead atoms. The van der Waals surface area contributed by atoms with E-state index in [2.05, 4.69) is 4.98 Å². The maximum absolute atomic E-state index is 12.2. The van der Waals surface area contributed by atoms with E-state index in [1.165, 1.54) is 6.08 Å². The van der Waals surface area contributed by atoms with Crippen molar-refractivity contribution < 1.29 is 23.7 Å². The molecule has 162 valence electrons. The minimum atomic E-state index is -0.399. The predicted molar refractivity (Wildman–Crippen MR) is 122 cm³/mol. The molecule has 0 atom stereocenters. The fourth-order valence-electron chi connectivity index (χ4n) is 3.38. The Labute approximate surface area is 182 Å². The smallest absolute Gasteiger partial charge is 0.330 e. The summed E-state index contributed by atoms with van der Waals surface area (Å²) in [4.78, 5) is 16.9. The van der Waals surface area contributed by atoms with E-state index >= 15 is 0 Å². The van der Waals surface area contributed by atoms with Gasteiger partial charge in [0, 0.05) is 34.2 Å². The second-order valence-electron chi connectivity index (χ2n) is 6.85. The van der Waals surface area contributed by atoms with Gasteiger partial charge < -0.3 is 18.9 Å². The van der Waals surface area contributed by atoms with Gasteiger partial charge in [0.2, 0.25) is 5.75 Å². The topological polar surface area (TPSA) is 66.9 Å². The molecule has 1 aromatic heterocycles. The number of fused-ring (bicyclic) bond motifs is 1. The number of unbranched alkanes of at least 4 members (excludes halogenated alkanes) is 1. The Balaban J connectivity index is 2.24. The number of carbonyl (C=O) groups is 1. The number of ether oxygens (including phenoxy) is 4. The van der Waals surface area contributed by atoms with Gasteiger partial charge in [0.25, 0.3) is 0 Å². The van der Waals surface area contributed by atoms with Crippen molar-refractivity contribution in [1.82, 2.24) is 4.98 Å². The molecule has 0 aliphatic rings. The lowest BCUT2D eigenvalue weighted by atomic mass is 9.98. The van der Waals surface area contributed by atoms with Gasteiger partial charge in [-0.2, -0.15) is 0 Å². The largest absolute Gasteiger partial charge is 0.493 e. The lowest BCUT2D eigenvalue weighted by Crippen LogP contribution is -2.02.